The summed E-state index contributed by atoms with van der Waals surface area (Å²) in [5.41, 5.74) is 2.26. The molecule has 2 aromatic heterocycles. The van der Waals surface area contributed by atoms with Gasteiger partial charge in [-0.15, -0.1) is 22.7 Å². The minimum absolute atomic E-state index is 0.0982. The Morgan fingerprint density at radius 1 is 1.10 bits per heavy atom. The third-order valence-electron chi connectivity index (χ3n) is 2.84. The van der Waals surface area contributed by atoms with Crippen LogP contribution in [0.5, 0.6) is 0 Å². The molecule has 1 unspecified atom stereocenters. The highest BCUT2D eigenvalue weighted by atomic mass is 32.1. The highest BCUT2D eigenvalue weighted by molar-refractivity contribution is 7.10. The lowest BCUT2D eigenvalue weighted by atomic mass is 9.98. The van der Waals surface area contributed by atoms with Crippen molar-refractivity contribution in [3.05, 3.63) is 32.2 Å². The topological polar surface area (TPSA) is 37.8 Å². The molecule has 3 nitrogen and oxygen atoms in total. The predicted molar refractivity (Wildman–Crippen MR) is 87.8 cm³/mol. The second kappa shape index (κ2) is 5.92. The number of nitrogens with one attached hydrogen (secondary N) is 1. The molecule has 110 valence electrons. The first-order valence-corrected chi connectivity index (χ1v) is 8.67. The van der Waals surface area contributed by atoms with Crippen LogP contribution in [0.4, 0.5) is 0 Å². The fourth-order valence-corrected chi connectivity index (χ4v) is 3.68. The van der Waals surface area contributed by atoms with Gasteiger partial charge >= 0.3 is 0 Å². The maximum atomic E-state index is 4.84. The fourth-order valence-electron chi connectivity index (χ4n) is 1.88. The van der Waals surface area contributed by atoms with Crippen LogP contribution in [0.3, 0.4) is 0 Å². The van der Waals surface area contributed by atoms with E-state index in [0.717, 1.165) is 16.4 Å². The molecule has 20 heavy (non-hydrogen) atoms. The molecule has 2 heterocycles. The quantitative estimate of drug-likeness (QED) is 0.915. The zero-order chi connectivity index (χ0) is 14.9. The molecular formula is C15H23N3S2. The molecule has 0 radical (unpaired) electrons. The molecule has 0 fully saturated rings. The Kier molecular flexibility index (Phi) is 4.62. The lowest BCUT2D eigenvalue weighted by molar-refractivity contribution is 0.514. The molecular weight excluding hydrogens is 286 g/mol. The van der Waals surface area contributed by atoms with E-state index in [9.17, 15) is 0 Å². The maximum absolute atomic E-state index is 4.84. The summed E-state index contributed by atoms with van der Waals surface area (Å²) in [6.45, 7) is 13.0. The van der Waals surface area contributed by atoms with Crippen LogP contribution in [0.15, 0.2) is 10.8 Å². The van der Waals surface area contributed by atoms with Crippen LogP contribution in [0, 0.1) is 6.92 Å². The van der Waals surface area contributed by atoms with Crippen molar-refractivity contribution in [2.75, 3.05) is 0 Å². The summed E-state index contributed by atoms with van der Waals surface area (Å²) in [5, 5.41) is 10.1. The molecule has 1 N–H and O–H groups in total. The largest absolute Gasteiger partial charge is 0.301 e. The third kappa shape index (κ3) is 3.65. The normalized spacial score (nSPS) is 13.9. The van der Waals surface area contributed by atoms with E-state index in [2.05, 4.69) is 55.7 Å². The zero-order valence-electron chi connectivity index (χ0n) is 13.0. The summed E-state index contributed by atoms with van der Waals surface area (Å²) in [7, 11) is 0. The Morgan fingerprint density at radius 3 is 2.25 bits per heavy atom. The molecule has 0 spiro atoms. The van der Waals surface area contributed by atoms with Crippen LogP contribution in [0.2, 0.25) is 0 Å². The molecule has 5 heteroatoms. The smallest absolute Gasteiger partial charge is 0.116 e. The van der Waals surface area contributed by atoms with Gasteiger partial charge < -0.3 is 5.32 Å². The molecule has 0 aromatic carbocycles. The second-order valence-corrected chi connectivity index (χ2v) is 8.16. The van der Waals surface area contributed by atoms with E-state index in [-0.39, 0.29) is 11.5 Å². The fraction of sp³-hybridized carbons (Fsp3) is 0.600. The maximum Gasteiger partial charge on any atom is 0.116 e. The highest BCUT2D eigenvalue weighted by Gasteiger charge is 2.24. The van der Waals surface area contributed by atoms with Crippen molar-refractivity contribution in [1.29, 1.82) is 0 Å². The predicted octanol–water partition coefficient (Wildman–Crippen LogP) is 4.29. The van der Waals surface area contributed by atoms with Gasteiger partial charge in [-0.3, -0.25) is 0 Å². The minimum atomic E-state index is 0.0982. The Balaban J connectivity index is 2.34. The van der Waals surface area contributed by atoms with E-state index in [4.69, 9.17) is 4.98 Å². The average molecular weight is 310 g/mol. The van der Waals surface area contributed by atoms with Gasteiger partial charge in [-0.1, -0.05) is 20.8 Å². The van der Waals surface area contributed by atoms with Crippen molar-refractivity contribution in [2.24, 2.45) is 0 Å². The monoisotopic (exact) mass is 309 g/mol. The summed E-state index contributed by atoms with van der Waals surface area (Å²) in [4.78, 5) is 9.48. The van der Waals surface area contributed by atoms with Gasteiger partial charge in [0.15, 0.2) is 0 Å². The number of thiazole rings is 2. The van der Waals surface area contributed by atoms with Gasteiger partial charge in [0, 0.05) is 27.9 Å². The number of hydrogen-bond acceptors (Lipinski definition) is 5. The lowest BCUT2D eigenvalue weighted by Gasteiger charge is -2.18. The molecule has 0 saturated carbocycles. The highest BCUT2D eigenvalue weighted by Crippen LogP contribution is 2.31. The van der Waals surface area contributed by atoms with E-state index in [1.807, 2.05) is 6.92 Å². The van der Waals surface area contributed by atoms with Crippen molar-refractivity contribution in [2.45, 2.75) is 59.0 Å². The molecule has 2 aromatic rings. The number of hydrogen-bond donors (Lipinski definition) is 1. The molecule has 1 atom stereocenters. The third-order valence-corrected chi connectivity index (χ3v) is 5.16. The standard InChI is InChI=1S/C15H23N3S2/c1-9(2)16-12(13-17-10(3)7-19-13)11-8-20-14(18-11)15(4,5)6/h7-9,12,16H,1-6H3. The van der Waals surface area contributed by atoms with Gasteiger partial charge in [0.1, 0.15) is 11.0 Å². The molecule has 0 amide bonds. The number of rotatable bonds is 4. The van der Waals surface area contributed by atoms with Crippen molar-refractivity contribution >= 4 is 22.7 Å². The summed E-state index contributed by atoms with van der Waals surface area (Å²) < 4.78 is 0. The number of aryl methyl sites for hydroxylation is 1. The van der Waals surface area contributed by atoms with Crippen LogP contribution in [0.1, 0.15) is 62.1 Å². The summed E-state index contributed by atoms with van der Waals surface area (Å²) >= 11 is 3.44. The minimum Gasteiger partial charge on any atom is -0.301 e. The lowest BCUT2D eigenvalue weighted by Crippen LogP contribution is -2.29. The SMILES string of the molecule is Cc1csc(C(NC(C)C)c2csc(C(C)(C)C)n2)n1. The molecule has 0 saturated heterocycles. The van der Waals surface area contributed by atoms with Gasteiger partial charge in [0.05, 0.1) is 10.7 Å². The Bertz CT molecular complexity index is 564. The van der Waals surface area contributed by atoms with Gasteiger partial charge in [-0.05, 0) is 20.8 Å². The molecule has 0 aliphatic heterocycles. The van der Waals surface area contributed by atoms with Gasteiger partial charge in [-0.2, -0.15) is 0 Å². The van der Waals surface area contributed by atoms with E-state index < -0.39 is 0 Å². The Morgan fingerprint density at radius 2 is 1.80 bits per heavy atom. The van der Waals surface area contributed by atoms with E-state index in [0.29, 0.717) is 6.04 Å². The molecule has 0 aliphatic carbocycles. The first-order valence-electron chi connectivity index (χ1n) is 6.91. The van der Waals surface area contributed by atoms with Crippen LogP contribution in [-0.2, 0) is 5.41 Å². The van der Waals surface area contributed by atoms with Gasteiger partial charge in [-0.25, -0.2) is 9.97 Å². The first-order chi connectivity index (χ1) is 9.27. The summed E-state index contributed by atoms with van der Waals surface area (Å²) in [6, 6.07) is 0.491. The van der Waals surface area contributed by atoms with Crippen LogP contribution in [-0.4, -0.2) is 16.0 Å². The number of nitrogens with zero attached hydrogens (tertiary/aromatic N) is 2. The Labute approximate surface area is 129 Å². The van der Waals surface area contributed by atoms with Crippen molar-refractivity contribution in [1.82, 2.24) is 15.3 Å². The Hall–Kier alpha value is -0.780. The summed E-state index contributed by atoms with van der Waals surface area (Å²) in [6.07, 6.45) is 0. The number of aromatic nitrogens is 2. The van der Waals surface area contributed by atoms with E-state index >= 15 is 0 Å². The molecule has 0 aliphatic rings. The van der Waals surface area contributed by atoms with Crippen molar-refractivity contribution in [3.8, 4) is 0 Å². The van der Waals surface area contributed by atoms with Gasteiger partial charge in [0.2, 0.25) is 0 Å². The van der Waals surface area contributed by atoms with Gasteiger partial charge in [0.25, 0.3) is 0 Å². The van der Waals surface area contributed by atoms with E-state index in [1.54, 1.807) is 22.7 Å². The van der Waals surface area contributed by atoms with E-state index in [1.165, 1.54) is 5.01 Å². The second-order valence-electron chi connectivity index (χ2n) is 6.41. The van der Waals surface area contributed by atoms with Crippen molar-refractivity contribution in [3.63, 3.8) is 0 Å². The first kappa shape index (κ1) is 15.6. The van der Waals surface area contributed by atoms with Crippen LogP contribution >= 0.6 is 22.7 Å². The van der Waals surface area contributed by atoms with Crippen LogP contribution < -0.4 is 5.32 Å². The molecule has 2 rings (SSSR count). The molecule has 0 bridgehead atoms. The van der Waals surface area contributed by atoms with Crippen molar-refractivity contribution < 1.29 is 0 Å². The van der Waals surface area contributed by atoms with Crippen LogP contribution in [0.25, 0.3) is 0 Å². The summed E-state index contributed by atoms with van der Waals surface area (Å²) in [5.74, 6) is 0. The average Bonchev–Trinajstić information content (AvgIpc) is 2.93. The zero-order valence-corrected chi connectivity index (χ0v) is 14.7.